The molecule has 6 nitrogen and oxygen atoms in total. The normalized spacial score (nSPS) is 20.8. The van der Waals surface area contributed by atoms with Gasteiger partial charge in [0.05, 0.1) is 6.04 Å². The molecule has 2 aliphatic heterocycles. The number of likely N-dealkylation sites (tertiary alicyclic amines) is 1. The second kappa shape index (κ2) is 5.63. The number of rotatable bonds is 2. The molecule has 2 aliphatic rings. The summed E-state index contributed by atoms with van der Waals surface area (Å²) in [6.45, 7) is 0.674. The molecule has 1 atom stereocenters. The van der Waals surface area contributed by atoms with Crippen LogP contribution in [0, 0.1) is 0 Å². The van der Waals surface area contributed by atoms with Crippen LogP contribution in [0.4, 0.5) is 4.79 Å². The molecule has 0 aliphatic carbocycles. The van der Waals surface area contributed by atoms with E-state index in [2.05, 4.69) is 0 Å². The average Bonchev–Trinajstić information content (AvgIpc) is 3.20. The van der Waals surface area contributed by atoms with E-state index in [1.165, 1.54) is 0 Å². The van der Waals surface area contributed by atoms with Crippen molar-refractivity contribution < 1.29 is 19.1 Å². The van der Waals surface area contributed by atoms with E-state index in [9.17, 15) is 14.4 Å². The highest BCUT2D eigenvalue weighted by Crippen LogP contribution is 2.23. The third kappa shape index (κ3) is 2.40. The van der Waals surface area contributed by atoms with Gasteiger partial charge in [-0.2, -0.15) is 0 Å². The summed E-state index contributed by atoms with van der Waals surface area (Å²) in [5, 5.41) is 2.09. The molecule has 122 valence electrons. The Balaban J connectivity index is 1.52. The monoisotopic (exact) mass is 324 g/mol. The number of nitrogens with zero attached hydrogens (tertiary/aromatic N) is 2. The Bertz CT molecular complexity index is 832. The quantitative estimate of drug-likeness (QED) is 0.848. The van der Waals surface area contributed by atoms with E-state index in [1.54, 1.807) is 4.90 Å². The zero-order valence-electron chi connectivity index (χ0n) is 13.0. The zero-order valence-corrected chi connectivity index (χ0v) is 13.0. The van der Waals surface area contributed by atoms with Crippen LogP contribution in [0.5, 0.6) is 0 Å². The van der Waals surface area contributed by atoms with E-state index in [0.717, 1.165) is 15.7 Å². The number of carbonyl (C=O) groups is 3. The lowest BCUT2D eigenvalue weighted by atomic mass is 10.1. The number of imide groups is 1. The lowest BCUT2D eigenvalue weighted by molar-refractivity contribution is -0.127. The molecule has 2 aromatic carbocycles. The zero-order chi connectivity index (χ0) is 16.7. The number of carbonyl (C=O) groups excluding carboxylic acids is 3. The van der Waals surface area contributed by atoms with Crippen molar-refractivity contribution in [3.05, 3.63) is 48.0 Å². The molecule has 0 aromatic heterocycles. The fraction of sp³-hybridized carbons (Fsp3) is 0.278. The number of fused-ring (bicyclic) bond motifs is 1. The third-order valence-corrected chi connectivity index (χ3v) is 4.60. The van der Waals surface area contributed by atoms with Gasteiger partial charge in [0.1, 0.15) is 0 Å². The minimum atomic E-state index is -0.606. The first kappa shape index (κ1) is 14.7. The third-order valence-electron chi connectivity index (χ3n) is 4.60. The molecule has 2 saturated heterocycles. The predicted octanol–water partition coefficient (Wildman–Crippen LogP) is 2.03. The van der Waals surface area contributed by atoms with Crippen molar-refractivity contribution in [1.29, 1.82) is 0 Å². The van der Waals surface area contributed by atoms with Crippen molar-refractivity contribution >= 4 is 28.7 Å². The number of cyclic esters (lactones) is 1. The van der Waals surface area contributed by atoms with E-state index in [0.29, 0.717) is 25.1 Å². The van der Waals surface area contributed by atoms with E-state index in [4.69, 9.17) is 4.74 Å². The maximum atomic E-state index is 12.7. The molecule has 24 heavy (non-hydrogen) atoms. The number of amides is 3. The smallest absolute Gasteiger partial charge is 0.417 e. The Hall–Kier alpha value is -2.89. The van der Waals surface area contributed by atoms with Crippen molar-refractivity contribution in [2.24, 2.45) is 0 Å². The highest BCUT2D eigenvalue weighted by atomic mass is 16.6. The molecule has 3 amide bonds. The lowest BCUT2D eigenvalue weighted by Crippen LogP contribution is -2.42. The second-order valence-corrected chi connectivity index (χ2v) is 6.07. The molecule has 2 fully saturated rings. The standard InChI is InChI=1S/C18H16N2O4/c21-16-11-24-18(23)20(16)15-7-8-19(10-15)17(22)14-6-5-12-3-1-2-4-13(12)9-14/h1-6,9,15H,7-8,10-11H2. The molecular weight excluding hydrogens is 308 g/mol. The van der Waals surface area contributed by atoms with Crippen LogP contribution in [0.25, 0.3) is 10.8 Å². The topological polar surface area (TPSA) is 66.9 Å². The SMILES string of the molecule is O=C(c1ccc2ccccc2c1)N1CCC(N2C(=O)COC2=O)C1. The van der Waals surface area contributed by atoms with Gasteiger partial charge in [-0.25, -0.2) is 9.69 Å². The van der Waals surface area contributed by atoms with E-state index in [1.807, 2.05) is 42.5 Å². The van der Waals surface area contributed by atoms with Gasteiger partial charge < -0.3 is 9.64 Å². The largest absolute Gasteiger partial charge is 0.439 e. The summed E-state index contributed by atoms with van der Waals surface area (Å²) in [5.74, 6) is -0.409. The Labute approximate surface area is 138 Å². The van der Waals surface area contributed by atoms with Crippen LogP contribution < -0.4 is 0 Å². The maximum absolute atomic E-state index is 12.7. The molecule has 0 saturated carbocycles. The Morgan fingerprint density at radius 3 is 2.62 bits per heavy atom. The number of benzene rings is 2. The summed E-state index contributed by atoms with van der Waals surface area (Å²) in [7, 11) is 0. The number of hydrogen-bond donors (Lipinski definition) is 0. The average molecular weight is 324 g/mol. The molecule has 0 radical (unpaired) electrons. The number of ether oxygens (including phenoxy) is 1. The van der Waals surface area contributed by atoms with Gasteiger partial charge in [-0.15, -0.1) is 0 Å². The molecule has 0 N–H and O–H groups in total. The van der Waals surface area contributed by atoms with Gasteiger partial charge in [0.15, 0.2) is 6.61 Å². The summed E-state index contributed by atoms with van der Waals surface area (Å²) in [4.78, 5) is 38.9. The lowest BCUT2D eigenvalue weighted by Gasteiger charge is -2.20. The maximum Gasteiger partial charge on any atom is 0.417 e. The van der Waals surface area contributed by atoms with Gasteiger partial charge in [-0.1, -0.05) is 30.3 Å². The van der Waals surface area contributed by atoms with Gasteiger partial charge in [0.25, 0.3) is 11.8 Å². The van der Waals surface area contributed by atoms with Gasteiger partial charge >= 0.3 is 6.09 Å². The molecule has 2 aromatic rings. The van der Waals surface area contributed by atoms with E-state index in [-0.39, 0.29) is 24.5 Å². The Morgan fingerprint density at radius 1 is 1.08 bits per heavy atom. The van der Waals surface area contributed by atoms with Crippen molar-refractivity contribution in [1.82, 2.24) is 9.80 Å². The van der Waals surface area contributed by atoms with Crippen molar-refractivity contribution in [2.75, 3.05) is 19.7 Å². The summed E-state index contributed by atoms with van der Waals surface area (Å²) in [5.41, 5.74) is 0.615. The molecular formula is C18H16N2O4. The van der Waals surface area contributed by atoms with Crippen LogP contribution in [0.1, 0.15) is 16.8 Å². The Kier molecular flexibility index (Phi) is 3.45. The fourth-order valence-corrected chi connectivity index (χ4v) is 3.36. The molecule has 0 bridgehead atoms. The van der Waals surface area contributed by atoms with Crippen molar-refractivity contribution in [3.8, 4) is 0 Å². The van der Waals surface area contributed by atoms with E-state index >= 15 is 0 Å². The first-order valence-corrected chi connectivity index (χ1v) is 7.90. The highest BCUT2D eigenvalue weighted by Gasteiger charge is 2.41. The first-order valence-electron chi connectivity index (χ1n) is 7.90. The second-order valence-electron chi connectivity index (χ2n) is 6.07. The van der Waals surface area contributed by atoms with Gasteiger partial charge in [0.2, 0.25) is 0 Å². The van der Waals surface area contributed by atoms with Gasteiger partial charge in [-0.3, -0.25) is 9.59 Å². The Morgan fingerprint density at radius 2 is 1.88 bits per heavy atom. The molecule has 2 heterocycles. The first-order chi connectivity index (χ1) is 11.6. The number of hydrogen-bond acceptors (Lipinski definition) is 4. The van der Waals surface area contributed by atoms with Crippen LogP contribution in [0.15, 0.2) is 42.5 Å². The van der Waals surface area contributed by atoms with Crippen LogP contribution in [0.2, 0.25) is 0 Å². The fourth-order valence-electron chi connectivity index (χ4n) is 3.36. The molecule has 6 heteroatoms. The van der Waals surface area contributed by atoms with Gasteiger partial charge in [-0.05, 0) is 29.3 Å². The van der Waals surface area contributed by atoms with Crippen molar-refractivity contribution in [3.63, 3.8) is 0 Å². The van der Waals surface area contributed by atoms with Crippen LogP contribution in [-0.2, 0) is 9.53 Å². The summed E-state index contributed by atoms with van der Waals surface area (Å²) in [6.07, 6.45) is -0.0230. The summed E-state index contributed by atoms with van der Waals surface area (Å²) >= 11 is 0. The summed E-state index contributed by atoms with van der Waals surface area (Å²) in [6, 6.07) is 13.2. The van der Waals surface area contributed by atoms with Crippen LogP contribution in [0.3, 0.4) is 0 Å². The van der Waals surface area contributed by atoms with Gasteiger partial charge in [0, 0.05) is 18.7 Å². The molecule has 4 rings (SSSR count). The molecule has 0 spiro atoms. The van der Waals surface area contributed by atoms with Crippen LogP contribution >= 0.6 is 0 Å². The molecule has 1 unspecified atom stereocenters. The van der Waals surface area contributed by atoms with Crippen LogP contribution in [-0.4, -0.2) is 53.4 Å². The predicted molar refractivity (Wildman–Crippen MR) is 86.5 cm³/mol. The van der Waals surface area contributed by atoms with Crippen molar-refractivity contribution in [2.45, 2.75) is 12.5 Å². The summed E-state index contributed by atoms with van der Waals surface area (Å²) < 4.78 is 4.75. The highest BCUT2D eigenvalue weighted by molar-refractivity contribution is 6.00. The minimum absolute atomic E-state index is 0.0803. The van der Waals surface area contributed by atoms with E-state index < -0.39 is 6.09 Å². The minimum Gasteiger partial charge on any atom is -0.439 e.